The fraction of sp³-hybridized carbons (Fsp3) is 1.00. The molecule has 0 amide bonds. The molecule has 1 aliphatic carbocycles. The second kappa shape index (κ2) is 4.69. The van der Waals surface area contributed by atoms with Gasteiger partial charge in [0.15, 0.2) is 0 Å². The summed E-state index contributed by atoms with van der Waals surface area (Å²) in [6, 6.07) is 0.271. The lowest BCUT2D eigenvalue weighted by Gasteiger charge is -2.26. The first-order valence-corrected chi connectivity index (χ1v) is 8.01. The zero-order valence-electron chi connectivity index (χ0n) is 8.73. The number of nitrogens with zero attached hydrogens (tertiary/aromatic N) is 2. The molecule has 4 nitrogen and oxygen atoms in total. The van der Waals surface area contributed by atoms with Crippen LogP contribution < -0.4 is 0 Å². The summed E-state index contributed by atoms with van der Waals surface area (Å²) in [5.74, 6) is 0. The highest BCUT2D eigenvalue weighted by Crippen LogP contribution is 2.31. The summed E-state index contributed by atoms with van der Waals surface area (Å²) in [5.41, 5.74) is 0. The van der Waals surface area contributed by atoms with Crippen LogP contribution in [0.25, 0.3) is 0 Å². The van der Waals surface area contributed by atoms with E-state index < -0.39 is 10.2 Å². The van der Waals surface area contributed by atoms with E-state index in [4.69, 9.17) is 0 Å². The Morgan fingerprint density at radius 2 is 1.87 bits per heavy atom. The summed E-state index contributed by atoms with van der Waals surface area (Å²) in [7, 11) is -3.16. The monoisotopic (exact) mass is 296 g/mol. The van der Waals surface area contributed by atoms with Crippen molar-refractivity contribution in [3.63, 3.8) is 0 Å². The lowest BCUT2D eigenvalue weighted by molar-refractivity contribution is 0.366. The van der Waals surface area contributed by atoms with Gasteiger partial charge in [-0.05, 0) is 25.7 Å². The van der Waals surface area contributed by atoms with Crippen molar-refractivity contribution in [1.82, 2.24) is 8.61 Å². The van der Waals surface area contributed by atoms with Crippen molar-refractivity contribution in [2.24, 2.45) is 0 Å². The molecule has 0 N–H and O–H groups in total. The quantitative estimate of drug-likeness (QED) is 0.715. The smallest absolute Gasteiger partial charge is 0.195 e. The molecule has 1 saturated carbocycles. The number of hydrogen-bond acceptors (Lipinski definition) is 2. The topological polar surface area (TPSA) is 40.6 Å². The van der Waals surface area contributed by atoms with Crippen LogP contribution in [0, 0.1) is 0 Å². The molecule has 6 heteroatoms. The molecular weight excluding hydrogens is 280 g/mol. The Morgan fingerprint density at radius 1 is 1.27 bits per heavy atom. The fourth-order valence-electron chi connectivity index (χ4n) is 2.00. The minimum absolute atomic E-state index is 0.271. The summed E-state index contributed by atoms with van der Waals surface area (Å²) in [6.45, 7) is 2.01. The van der Waals surface area contributed by atoms with Crippen molar-refractivity contribution in [2.45, 2.75) is 31.7 Å². The minimum Gasteiger partial charge on any atom is -0.195 e. The molecule has 0 aromatic carbocycles. The third-order valence-electron chi connectivity index (χ3n) is 2.95. The van der Waals surface area contributed by atoms with E-state index in [1.807, 2.05) is 0 Å². The van der Waals surface area contributed by atoms with Crippen molar-refractivity contribution in [3.05, 3.63) is 0 Å². The molecule has 2 rings (SSSR count). The molecule has 15 heavy (non-hydrogen) atoms. The van der Waals surface area contributed by atoms with E-state index in [1.165, 1.54) is 0 Å². The molecule has 0 radical (unpaired) electrons. The maximum atomic E-state index is 12.2. The van der Waals surface area contributed by atoms with Gasteiger partial charge in [-0.1, -0.05) is 15.9 Å². The van der Waals surface area contributed by atoms with Crippen LogP contribution in [0.5, 0.6) is 0 Å². The molecule has 0 atom stereocenters. The first kappa shape index (κ1) is 11.8. The highest BCUT2D eigenvalue weighted by molar-refractivity contribution is 9.09. The average Bonchev–Trinajstić information content (AvgIpc) is 2.86. The van der Waals surface area contributed by atoms with Crippen LogP contribution >= 0.6 is 15.9 Å². The Bertz CT molecular complexity index is 310. The largest absolute Gasteiger partial charge is 0.282 e. The molecule has 2 fully saturated rings. The van der Waals surface area contributed by atoms with Gasteiger partial charge in [0, 0.05) is 31.0 Å². The third kappa shape index (κ3) is 2.54. The number of rotatable bonds is 5. The van der Waals surface area contributed by atoms with Crippen molar-refractivity contribution in [2.75, 3.05) is 25.0 Å². The van der Waals surface area contributed by atoms with Gasteiger partial charge in [-0.3, -0.25) is 0 Å². The van der Waals surface area contributed by atoms with Crippen LogP contribution in [0.3, 0.4) is 0 Å². The minimum atomic E-state index is -3.16. The van der Waals surface area contributed by atoms with Crippen molar-refractivity contribution >= 4 is 26.1 Å². The summed E-state index contributed by atoms with van der Waals surface area (Å²) in [5, 5.41) is 0.719. The van der Waals surface area contributed by atoms with E-state index >= 15 is 0 Å². The number of halogens is 1. The van der Waals surface area contributed by atoms with Crippen LogP contribution in [0.15, 0.2) is 0 Å². The molecule has 0 unspecified atom stereocenters. The molecule has 88 valence electrons. The Morgan fingerprint density at radius 3 is 2.33 bits per heavy atom. The second-order valence-corrected chi connectivity index (χ2v) is 6.82. The summed E-state index contributed by atoms with van der Waals surface area (Å²) >= 11 is 3.32. The van der Waals surface area contributed by atoms with E-state index in [0.29, 0.717) is 19.6 Å². The molecule has 0 aromatic rings. The van der Waals surface area contributed by atoms with Crippen LogP contribution in [0.2, 0.25) is 0 Å². The van der Waals surface area contributed by atoms with Gasteiger partial charge >= 0.3 is 0 Å². The maximum Gasteiger partial charge on any atom is 0.282 e. The first-order chi connectivity index (χ1) is 7.16. The zero-order valence-corrected chi connectivity index (χ0v) is 11.1. The predicted molar refractivity (Wildman–Crippen MR) is 63.2 cm³/mol. The van der Waals surface area contributed by atoms with Gasteiger partial charge in [0.1, 0.15) is 0 Å². The van der Waals surface area contributed by atoms with E-state index in [-0.39, 0.29) is 6.04 Å². The predicted octanol–water partition coefficient (Wildman–Crippen LogP) is 1.19. The molecule has 1 aliphatic heterocycles. The van der Waals surface area contributed by atoms with Gasteiger partial charge in [0.25, 0.3) is 10.2 Å². The second-order valence-electron chi connectivity index (χ2n) is 4.14. The van der Waals surface area contributed by atoms with Gasteiger partial charge in [-0.2, -0.15) is 17.0 Å². The molecule has 1 heterocycles. The van der Waals surface area contributed by atoms with Crippen molar-refractivity contribution in [1.29, 1.82) is 0 Å². The molecule has 1 saturated heterocycles. The van der Waals surface area contributed by atoms with Crippen LogP contribution in [-0.2, 0) is 10.2 Å². The lowest BCUT2D eigenvalue weighted by atomic mass is 10.4. The molecule has 0 aromatic heterocycles. The molecule has 0 spiro atoms. The van der Waals surface area contributed by atoms with Gasteiger partial charge < -0.3 is 0 Å². The highest BCUT2D eigenvalue weighted by atomic mass is 79.9. The molecular formula is C9H17BrN2O2S. The third-order valence-corrected chi connectivity index (χ3v) is 5.39. The van der Waals surface area contributed by atoms with E-state index in [9.17, 15) is 8.42 Å². The first-order valence-electron chi connectivity index (χ1n) is 5.49. The SMILES string of the molecule is O=S(=O)(N1CCCC1)N(CCBr)C1CC1. The summed E-state index contributed by atoms with van der Waals surface area (Å²) < 4.78 is 27.8. The van der Waals surface area contributed by atoms with E-state index in [2.05, 4.69) is 15.9 Å². The van der Waals surface area contributed by atoms with Crippen LogP contribution in [-0.4, -0.2) is 48.0 Å². The number of hydrogen-bond donors (Lipinski definition) is 0. The van der Waals surface area contributed by atoms with Crippen molar-refractivity contribution in [3.8, 4) is 0 Å². The summed E-state index contributed by atoms with van der Waals surface area (Å²) in [4.78, 5) is 0. The van der Waals surface area contributed by atoms with E-state index in [1.54, 1.807) is 8.61 Å². The Balaban J connectivity index is 2.09. The van der Waals surface area contributed by atoms with Crippen LogP contribution in [0.1, 0.15) is 25.7 Å². The van der Waals surface area contributed by atoms with Gasteiger partial charge in [0.05, 0.1) is 0 Å². The van der Waals surface area contributed by atoms with E-state index in [0.717, 1.165) is 31.0 Å². The maximum absolute atomic E-state index is 12.2. The molecule has 0 bridgehead atoms. The van der Waals surface area contributed by atoms with Gasteiger partial charge in [-0.25, -0.2) is 0 Å². The fourth-order valence-corrected chi connectivity index (χ4v) is 4.54. The average molecular weight is 297 g/mol. The molecule has 2 aliphatic rings. The number of alkyl halides is 1. The van der Waals surface area contributed by atoms with Gasteiger partial charge in [0.2, 0.25) is 0 Å². The highest BCUT2D eigenvalue weighted by Gasteiger charge is 2.40. The zero-order chi connectivity index (χ0) is 10.9. The standard InChI is InChI=1S/C9H17BrN2O2S/c10-5-8-12(9-3-4-9)15(13,14)11-6-1-2-7-11/h9H,1-8H2. The Kier molecular flexibility index (Phi) is 3.70. The Labute approximate surface area is 99.9 Å². The van der Waals surface area contributed by atoms with Crippen molar-refractivity contribution < 1.29 is 8.42 Å². The Hall–Kier alpha value is 0.350. The normalized spacial score (nSPS) is 23.9. The lowest BCUT2D eigenvalue weighted by Crippen LogP contribution is -2.44. The van der Waals surface area contributed by atoms with Crippen LogP contribution in [0.4, 0.5) is 0 Å². The summed E-state index contributed by atoms with van der Waals surface area (Å²) in [6.07, 6.45) is 4.07. The van der Waals surface area contributed by atoms with Gasteiger partial charge in [-0.15, -0.1) is 0 Å².